The lowest BCUT2D eigenvalue weighted by atomic mass is 9.87. The lowest BCUT2D eigenvalue weighted by molar-refractivity contribution is -0.151. The number of likely N-dealkylation sites (N-methyl/N-ethyl adjacent to an activating group) is 2. The molecule has 8 nitrogen and oxygen atoms in total. The second-order valence-corrected chi connectivity index (χ2v) is 7.53. The van der Waals surface area contributed by atoms with E-state index >= 15 is 0 Å². The van der Waals surface area contributed by atoms with E-state index in [2.05, 4.69) is 31.4 Å². The van der Waals surface area contributed by atoms with Gasteiger partial charge in [-0.15, -0.1) is 0 Å². The molecule has 2 N–H and O–H groups in total. The van der Waals surface area contributed by atoms with Crippen molar-refractivity contribution in [1.82, 2.24) is 15.5 Å². The number of nitrogens with zero attached hydrogens (tertiary/aromatic N) is 1. The molecule has 0 saturated heterocycles. The zero-order chi connectivity index (χ0) is 22.0. The van der Waals surface area contributed by atoms with Gasteiger partial charge in [-0.2, -0.15) is 0 Å². The topological polar surface area (TPSA) is 105 Å². The Labute approximate surface area is 172 Å². The van der Waals surface area contributed by atoms with Crippen LogP contribution in [0.1, 0.15) is 50.5 Å². The molecule has 0 atom stereocenters. The molecule has 0 aliphatic rings. The third-order valence-electron chi connectivity index (χ3n) is 4.21. The van der Waals surface area contributed by atoms with E-state index in [1.807, 2.05) is 12.1 Å². The first-order chi connectivity index (χ1) is 13.6. The largest absolute Gasteiger partial charge is 0.454 e. The van der Waals surface area contributed by atoms with Crippen molar-refractivity contribution >= 4 is 23.7 Å². The van der Waals surface area contributed by atoms with E-state index in [0.29, 0.717) is 18.7 Å². The molecule has 0 radical (unpaired) electrons. The molecule has 0 unspecified atom stereocenters. The number of carbonyl (C=O) groups is 4. The van der Waals surface area contributed by atoms with Gasteiger partial charge in [0.05, 0.1) is 6.54 Å². The van der Waals surface area contributed by atoms with Crippen LogP contribution in [0.5, 0.6) is 0 Å². The number of ether oxygens (including phenoxy) is 1. The molecular weight excluding hydrogens is 374 g/mol. The maximum atomic E-state index is 12.1. The average molecular weight is 405 g/mol. The Balaban J connectivity index is 2.45. The summed E-state index contributed by atoms with van der Waals surface area (Å²) in [5.41, 5.74) is 1.51. The van der Waals surface area contributed by atoms with Crippen LogP contribution in [0.15, 0.2) is 24.3 Å². The van der Waals surface area contributed by atoms with Crippen LogP contribution in [0, 0.1) is 0 Å². The first kappa shape index (κ1) is 24.1. The second-order valence-electron chi connectivity index (χ2n) is 7.53. The van der Waals surface area contributed by atoms with Gasteiger partial charge in [0.15, 0.2) is 6.61 Å². The quantitative estimate of drug-likeness (QED) is 0.602. The number of rotatable bonds is 9. The molecule has 0 spiro atoms. The van der Waals surface area contributed by atoms with E-state index in [-0.39, 0.29) is 24.4 Å². The van der Waals surface area contributed by atoms with Crippen LogP contribution in [0.4, 0.5) is 0 Å². The molecule has 160 valence electrons. The van der Waals surface area contributed by atoms with Crippen molar-refractivity contribution in [3.63, 3.8) is 0 Å². The lowest BCUT2D eigenvalue weighted by Gasteiger charge is -2.20. The highest BCUT2D eigenvalue weighted by Gasteiger charge is 2.18. The van der Waals surface area contributed by atoms with Crippen molar-refractivity contribution in [2.45, 2.75) is 40.0 Å². The van der Waals surface area contributed by atoms with Gasteiger partial charge in [0.25, 0.3) is 11.8 Å². The predicted molar refractivity (Wildman–Crippen MR) is 109 cm³/mol. The molecule has 0 bridgehead atoms. The summed E-state index contributed by atoms with van der Waals surface area (Å²) in [6, 6.07) is 7.15. The highest BCUT2D eigenvalue weighted by molar-refractivity contribution is 5.96. The van der Waals surface area contributed by atoms with Crippen LogP contribution in [0.3, 0.4) is 0 Å². The molecule has 29 heavy (non-hydrogen) atoms. The van der Waals surface area contributed by atoms with E-state index in [0.717, 1.165) is 5.56 Å². The Morgan fingerprint density at radius 3 is 2.14 bits per heavy atom. The van der Waals surface area contributed by atoms with E-state index in [1.54, 1.807) is 26.0 Å². The van der Waals surface area contributed by atoms with E-state index < -0.39 is 24.4 Å². The SMILES string of the molecule is CCNC(=O)CN(CC)C(=O)COC(=O)CNC(=O)c1ccc(C(C)(C)C)cc1. The summed E-state index contributed by atoms with van der Waals surface area (Å²) in [6.07, 6.45) is 0. The molecule has 1 aromatic rings. The number of hydrogen-bond acceptors (Lipinski definition) is 5. The smallest absolute Gasteiger partial charge is 0.325 e. The zero-order valence-corrected chi connectivity index (χ0v) is 17.8. The first-order valence-corrected chi connectivity index (χ1v) is 9.67. The number of benzene rings is 1. The van der Waals surface area contributed by atoms with Crippen LogP contribution in [-0.2, 0) is 24.5 Å². The highest BCUT2D eigenvalue weighted by Crippen LogP contribution is 2.22. The van der Waals surface area contributed by atoms with Gasteiger partial charge in [0.1, 0.15) is 6.54 Å². The Bertz CT molecular complexity index is 723. The van der Waals surface area contributed by atoms with Gasteiger partial charge in [-0.1, -0.05) is 32.9 Å². The third-order valence-corrected chi connectivity index (χ3v) is 4.21. The Kier molecular flexibility index (Phi) is 9.31. The van der Waals surface area contributed by atoms with E-state index in [4.69, 9.17) is 4.74 Å². The summed E-state index contributed by atoms with van der Waals surface area (Å²) in [4.78, 5) is 48.9. The second kappa shape index (κ2) is 11.2. The molecule has 0 heterocycles. The fourth-order valence-electron chi connectivity index (χ4n) is 2.46. The summed E-state index contributed by atoms with van der Waals surface area (Å²) in [5, 5.41) is 5.07. The Morgan fingerprint density at radius 1 is 1.00 bits per heavy atom. The van der Waals surface area contributed by atoms with Gasteiger partial charge in [-0.25, -0.2) is 0 Å². The molecule has 8 heteroatoms. The molecule has 0 saturated carbocycles. The predicted octanol–water partition coefficient (Wildman–Crippen LogP) is 1.24. The average Bonchev–Trinajstić information content (AvgIpc) is 2.68. The third kappa shape index (κ3) is 8.33. The van der Waals surface area contributed by atoms with Crippen molar-refractivity contribution in [1.29, 1.82) is 0 Å². The molecule has 1 aromatic carbocycles. The van der Waals surface area contributed by atoms with Crippen molar-refractivity contribution in [2.24, 2.45) is 0 Å². The van der Waals surface area contributed by atoms with Gasteiger partial charge in [0, 0.05) is 18.7 Å². The van der Waals surface area contributed by atoms with Crippen LogP contribution in [0.25, 0.3) is 0 Å². The molecule has 0 aliphatic heterocycles. The minimum Gasteiger partial charge on any atom is -0.454 e. The fraction of sp³-hybridized carbons (Fsp3) is 0.524. The van der Waals surface area contributed by atoms with Gasteiger partial charge < -0.3 is 20.3 Å². The molecule has 3 amide bonds. The fourth-order valence-corrected chi connectivity index (χ4v) is 2.46. The minimum atomic E-state index is -0.730. The maximum absolute atomic E-state index is 12.1. The van der Waals surface area contributed by atoms with E-state index in [9.17, 15) is 19.2 Å². The summed E-state index contributed by atoms with van der Waals surface area (Å²) in [6.45, 7) is 9.60. The molecule has 0 fully saturated rings. The molecule has 0 aliphatic carbocycles. The number of amides is 3. The zero-order valence-electron chi connectivity index (χ0n) is 17.8. The standard InChI is InChI=1S/C21H31N3O5/c1-6-22-17(25)13-24(7-2)18(26)14-29-19(27)12-23-20(28)15-8-10-16(11-9-15)21(3,4)5/h8-11H,6-7,12-14H2,1-5H3,(H,22,25)(H,23,28). The van der Waals surface area contributed by atoms with Crippen LogP contribution in [-0.4, -0.2) is 61.4 Å². The number of hydrogen-bond donors (Lipinski definition) is 2. The summed E-state index contributed by atoms with van der Waals surface area (Å²) >= 11 is 0. The van der Waals surface area contributed by atoms with Gasteiger partial charge >= 0.3 is 5.97 Å². The van der Waals surface area contributed by atoms with Crippen LogP contribution < -0.4 is 10.6 Å². The lowest BCUT2D eigenvalue weighted by Crippen LogP contribution is -2.42. The van der Waals surface area contributed by atoms with Crippen molar-refractivity contribution in [3.8, 4) is 0 Å². The van der Waals surface area contributed by atoms with Crippen LogP contribution >= 0.6 is 0 Å². The van der Waals surface area contributed by atoms with Crippen molar-refractivity contribution in [3.05, 3.63) is 35.4 Å². The summed E-state index contributed by atoms with van der Waals surface area (Å²) in [7, 11) is 0. The molecule has 1 rings (SSSR count). The summed E-state index contributed by atoms with van der Waals surface area (Å²) in [5.74, 6) is -1.89. The number of nitrogens with one attached hydrogen (secondary N) is 2. The Hall–Kier alpha value is -2.90. The van der Waals surface area contributed by atoms with Gasteiger partial charge in [-0.3, -0.25) is 19.2 Å². The Morgan fingerprint density at radius 2 is 1.62 bits per heavy atom. The van der Waals surface area contributed by atoms with Crippen molar-refractivity contribution < 1.29 is 23.9 Å². The maximum Gasteiger partial charge on any atom is 0.325 e. The van der Waals surface area contributed by atoms with Crippen LogP contribution in [0.2, 0.25) is 0 Å². The molecule has 0 aromatic heterocycles. The highest BCUT2D eigenvalue weighted by atomic mass is 16.5. The van der Waals surface area contributed by atoms with Gasteiger partial charge in [0.2, 0.25) is 5.91 Å². The van der Waals surface area contributed by atoms with Gasteiger partial charge in [-0.05, 0) is 37.0 Å². The molecular formula is C21H31N3O5. The number of esters is 1. The summed E-state index contributed by atoms with van der Waals surface area (Å²) < 4.78 is 4.90. The van der Waals surface area contributed by atoms with Crippen molar-refractivity contribution in [2.75, 3.05) is 32.8 Å². The normalized spacial score (nSPS) is 10.8. The van der Waals surface area contributed by atoms with E-state index in [1.165, 1.54) is 4.90 Å². The number of carbonyl (C=O) groups excluding carboxylic acids is 4. The first-order valence-electron chi connectivity index (χ1n) is 9.67. The minimum absolute atomic E-state index is 0.0189. The monoisotopic (exact) mass is 405 g/mol.